The molecule has 0 unspecified atom stereocenters. The minimum absolute atomic E-state index is 0.0163. The molecule has 0 aliphatic rings. The summed E-state index contributed by atoms with van der Waals surface area (Å²) in [4.78, 5) is 12.1. The van der Waals surface area contributed by atoms with E-state index >= 15 is 0 Å². The summed E-state index contributed by atoms with van der Waals surface area (Å²) in [5, 5.41) is 0.881. The second-order valence-corrected chi connectivity index (χ2v) is 8.99. The molecule has 1 amide bonds. The first-order valence-electron chi connectivity index (χ1n) is 7.19. The van der Waals surface area contributed by atoms with Gasteiger partial charge in [-0.1, -0.05) is 36.4 Å². The minimum atomic E-state index is -4.02. The molecule has 1 N–H and O–H groups in total. The topological polar surface area (TPSA) is 97.4 Å². The highest BCUT2D eigenvalue weighted by molar-refractivity contribution is 7.93. The summed E-state index contributed by atoms with van der Waals surface area (Å²) in [6, 6.07) is 12.7. The van der Waals surface area contributed by atoms with Gasteiger partial charge in [0.1, 0.15) is 0 Å². The van der Waals surface area contributed by atoms with E-state index in [1.54, 1.807) is 37.3 Å². The molecular weight excluding hydrogens is 362 g/mol. The smallest absolute Gasteiger partial charge is 0.265 e. The summed E-state index contributed by atoms with van der Waals surface area (Å²) in [7, 11) is -7.54. The van der Waals surface area contributed by atoms with Crippen molar-refractivity contribution in [1.82, 2.24) is 4.72 Å². The van der Waals surface area contributed by atoms with Gasteiger partial charge in [-0.25, -0.2) is 21.6 Å². The van der Waals surface area contributed by atoms with E-state index < -0.39 is 25.8 Å². The van der Waals surface area contributed by atoms with Gasteiger partial charge in [0.15, 0.2) is 9.84 Å². The zero-order valence-electron chi connectivity index (χ0n) is 13.6. The Hall–Kier alpha value is -2.45. The average Bonchev–Trinajstić information content (AvgIpc) is 2.53. The number of carbonyl (C=O) groups excluding carboxylic acids is 1. The molecule has 2 aromatic rings. The van der Waals surface area contributed by atoms with E-state index in [1.165, 1.54) is 18.2 Å². The van der Waals surface area contributed by atoms with Crippen molar-refractivity contribution in [3.8, 4) is 0 Å². The van der Waals surface area contributed by atoms with Crippen molar-refractivity contribution in [3.05, 3.63) is 70.6 Å². The largest absolute Gasteiger partial charge is 0.268 e. The summed E-state index contributed by atoms with van der Waals surface area (Å²) < 4.78 is 49.3. The second-order valence-electron chi connectivity index (χ2n) is 5.44. The van der Waals surface area contributed by atoms with E-state index in [0.717, 1.165) is 17.7 Å². The van der Waals surface area contributed by atoms with E-state index in [9.17, 15) is 21.6 Å². The molecule has 0 saturated carbocycles. The van der Waals surface area contributed by atoms with Gasteiger partial charge in [-0.3, -0.25) is 4.79 Å². The predicted molar refractivity (Wildman–Crippen MR) is 96.2 cm³/mol. The quantitative estimate of drug-likeness (QED) is 0.858. The summed E-state index contributed by atoms with van der Waals surface area (Å²) in [5.74, 6) is -0.900. The highest BCUT2D eigenvalue weighted by atomic mass is 32.2. The first-order valence-corrected chi connectivity index (χ1v) is 10.6. The number of carbonyl (C=O) groups is 1. The zero-order valence-corrected chi connectivity index (χ0v) is 15.3. The highest BCUT2D eigenvalue weighted by Gasteiger charge is 2.17. The first-order chi connectivity index (χ1) is 11.6. The van der Waals surface area contributed by atoms with Crippen LogP contribution < -0.4 is 4.72 Å². The number of hydrogen-bond donors (Lipinski definition) is 1. The number of sulfone groups is 1. The summed E-state index contributed by atoms with van der Waals surface area (Å²) in [5.41, 5.74) is 1.09. The number of amides is 1. The predicted octanol–water partition coefficient (Wildman–Crippen LogP) is 2.13. The van der Waals surface area contributed by atoms with Gasteiger partial charge in [-0.05, 0) is 36.3 Å². The summed E-state index contributed by atoms with van der Waals surface area (Å²) in [6.07, 6.45) is 2.38. The highest BCUT2D eigenvalue weighted by Crippen LogP contribution is 2.17. The molecule has 0 aromatic heterocycles. The molecule has 0 radical (unpaired) electrons. The maximum Gasteiger partial charge on any atom is 0.265 e. The third kappa shape index (κ3) is 5.27. The number of nitrogens with one attached hydrogen (secondary N) is 1. The van der Waals surface area contributed by atoms with Crippen LogP contribution in [0, 0.1) is 6.92 Å². The third-order valence-corrected chi connectivity index (χ3v) is 5.53. The second kappa shape index (κ2) is 7.20. The van der Waals surface area contributed by atoms with Gasteiger partial charge in [0, 0.05) is 11.8 Å². The molecule has 2 rings (SSSR count). The molecule has 0 fully saturated rings. The number of hydrogen-bond acceptors (Lipinski definition) is 5. The van der Waals surface area contributed by atoms with Gasteiger partial charge in [0.2, 0.25) is 0 Å². The molecule has 0 aliphatic carbocycles. The lowest BCUT2D eigenvalue weighted by molar-refractivity contribution is 0.0981. The number of sulfonamides is 1. The molecule has 0 saturated heterocycles. The van der Waals surface area contributed by atoms with Gasteiger partial charge in [-0.15, -0.1) is 0 Å². The SMILES string of the molecule is Cc1ccc(C(=O)NS(=O)(=O)/C=C/c2ccccc2)cc1S(C)(=O)=O. The number of rotatable bonds is 5. The van der Waals surface area contributed by atoms with Crippen LogP contribution in [0.1, 0.15) is 21.5 Å². The van der Waals surface area contributed by atoms with E-state index in [4.69, 9.17) is 0 Å². The van der Waals surface area contributed by atoms with Crippen LogP contribution in [-0.2, 0) is 19.9 Å². The molecule has 2 aromatic carbocycles. The Morgan fingerprint density at radius 3 is 2.24 bits per heavy atom. The van der Waals surface area contributed by atoms with Gasteiger partial charge in [0.05, 0.1) is 10.3 Å². The Morgan fingerprint density at radius 1 is 1.00 bits per heavy atom. The Kier molecular flexibility index (Phi) is 5.44. The zero-order chi connectivity index (χ0) is 18.7. The summed E-state index contributed by atoms with van der Waals surface area (Å²) >= 11 is 0. The normalized spacial score (nSPS) is 12.2. The minimum Gasteiger partial charge on any atom is -0.268 e. The maximum atomic E-state index is 12.1. The molecular formula is C17H17NO5S2. The van der Waals surface area contributed by atoms with Crippen molar-refractivity contribution >= 4 is 31.8 Å². The maximum absolute atomic E-state index is 12.1. The fraction of sp³-hybridized carbons (Fsp3) is 0.118. The monoisotopic (exact) mass is 379 g/mol. The lowest BCUT2D eigenvalue weighted by atomic mass is 10.1. The van der Waals surface area contributed by atoms with Gasteiger partial charge in [0.25, 0.3) is 15.9 Å². The van der Waals surface area contributed by atoms with Crippen molar-refractivity contribution < 1.29 is 21.6 Å². The Labute approximate surface area is 147 Å². The van der Waals surface area contributed by atoms with Crippen LogP contribution in [0.15, 0.2) is 58.8 Å². The van der Waals surface area contributed by atoms with Crippen LogP contribution in [0.3, 0.4) is 0 Å². The molecule has 0 spiro atoms. The molecule has 0 bridgehead atoms. The van der Waals surface area contributed by atoms with E-state index in [-0.39, 0.29) is 10.5 Å². The Morgan fingerprint density at radius 2 is 1.64 bits per heavy atom. The van der Waals surface area contributed by atoms with Crippen LogP contribution >= 0.6 is 0 Å². The van der Waals surface area contributed by atoms with Gasteiger partial charge in [-0.2, -0.15) is 0 Å². The first kappa shape index (κ1) is 18.9. The van der Waals surface area contributed by atoms with Gasteiger partial charge < -0.3 is 0 Å². The molecule has 132 valence electrons. The van der Waals surface area contributed by atoms with Crippen molar-refractivity contribution in [2.75, 3.05) is 6.26 Å². The van der Waals surface area contributed by atoms with Crippen LogP contribution in [0.25, 0.3) is 6.08 Å². The average molecular weight is 379 g/mol. The molecule has 6 nitrogen and oxygen atoms in total. The van der Waals surface area contributed by atoms with E-state index in [2.05, 4.69) is 0 Å². The molecule has 25 heavy (non-hydrogen) atoms. The van der Waals surface area contributed by atoms with Crippen LogP contribution in [0.4, 0.5) is 0 Å². The molecule has 0 atom stereocenters. The lowest BCUT2D eigenvalue weighted by Gasteiger charge is -2.07. The van der Waals surface area contributed by atoms with Gasteiger partial charge >= 0.3 is 0 Å². The molecule has 0 heterocycles. The Bertz CT molecular complexity index is 1020. The fourth-order valence-electron chi connectivity index (χ4n) is 2.10. The third-order valence-electron chi connectivity index (χ3n) is 3.32. The molecule has 0 aliphatic heterocycles. The number of benzene rings is 2. The summed E-state index contributed by atoms with van der Waals surface area (Å²) in [6.45, 7) is 1.59. The van der Waals surface area contributed by atoms with Crippen molar-refractivity contribution in [2.45, 2.75) is 11.8 Å². The van der Waals surface area contributed by atoms with Crippen LogP contribution in [0.5, 0.6) is 0 Å². The van der Waals surface area contributed by atoms with E-state index in [1.807, 2.05) is 4.72 Å². The van der Waals surface area contributed by atoms with Crippen molar-refractivity contribution in [1.29, 1.82) is 0 Å². The van der Waals surface area contributed by atoms with Crippen LogP contribution in [-0.4, -0.2) is 29.0 Å². The van der Waals surface area contributed by atoms with Crippen molar-refractivity contribution in [3.63, 3.8) is 0 Å². The fourth-order valence-corrected chi connectivity index (χ4v) is 3.87. The van der Waals surface area contributed by atoms with E-state index in [0.29, 0.717) is 11.1 Å². The van der Waals surface area contributed by atoms with Crippen LogP contribution in [0.2, 0.25) is 0 Å². The standard InChI is InChI=1S/C17H17NO5S2/c1-13-8-9-15(12-16(13)24(2,20)21)17(19)18-25(22,23)11-10-14-6-4-3-5-7-14/h3-12H,1-2H3,(H,18,19)/b11-10+. The molecule has 8 heteroatoms. The Balaban J connectivity index is 2.23. The number of aryl methyl sites for hydroxylation is 1. The van der Waals surface area contributed by atoms with Crippen molar-refractivity contribution in [2.24, 2.45) is 0 Å². The lowest BCUT2D eigenvalue weighted by Crippen LogP contribution is -2.29.